The van der Waals surface area contributed by atoms with Gasteiger partial charge in [0.2, 0.25) is 0 Å². The number of rotatable bonds is 3. The lowest BCUT2D eigenvalue weighted by Crippen LogP contribution is -1.96. The van der Waals surface area contributed by atoms with Gasteiger partial charge in [-0.3, -0.25) is 0 Å². The summed E-state index contributed by atoms with van der Waals surface area (Å²) in [5.74, 6) is -0.0603. The van der Waals surface area contributed by atoms with Crippen LogP contribution >= 0.6 is 11.6 Å². The molecule has 17 heavy (non-hydrogen) atoms. The third-order valence-corrected chi connectivity index (χ3v) is 2.55. The van der Waals surface area contributed by atoms with E-state index >= 15 is 0 Å². The van der Waals surface area contributed by atoms with Crippen molar-refractivity contribution in [3.8, 4) is 11.5 Å². The fourth-order valence-electron chi connectivity index (χ4n) is 1.37. The molecule has 2 aromatic carbocycles. The Morgan fingerprint density at radius 2 is 1.94 bits per heavy atom. The van der Waals surface area contributed by atoms with Crippen molar-refractivity contribution in [2.75, 3.05) is 0 Å². The molecule has 0 radical (unpaired) electrons. The van der Waals surface area contributed by atoms with Gasteiger partial charge in [0.25, 0.3) is 0 Å². The summed E-state index contributed by atoms with van der Waals surface area (Å²) in [6.45, 7) is 0.172. The fraction of sp³-hybridized carbons (Fsp3) is 0.0769. The molecule has 2 aromatic rings. The van der Waals surface area contributed by atoms with E-state index in [9.17, 15) is 9.50 Å². The lowest BCUT2D eigenvalue weighted by Gasteiger charge is -2.08. The predicted octanol–water partition coefficient (Wildman–Crippen LogP) is 3.76. The molecule has 0 fully saturated rings. The van der Waals surface area contributed by atoms with Crippen LogP contribution in [0.3, 0.4) is 0 Å². The fourth-order valence-corrected chi connectivity index (χ4v) is 1.49. The topological polar surface area (TPSA) is 29.5 Å². The van der Waals surface area contributed by atoms with Crippen LogP contribution in [0.25, 0.3) is 0 Å². The molecule has 0 aliphatic rings. The minimum atomic E-state index is -0.481. The molecule has 1 N–H and O–H groups in total. The van der Waals surface area contributed by atoms with Gasteiger partial charge in [0.1, 0.15) is 12.4 Å². The first-order valence-corrected chi connectivity index (χ1v) is 5.39. The van der Waals surface area contributed by atoms with Crippen LogP contribution in [0.4, 0.5) is 4.39 Å². The second-order valence-electron chi connectivity index (χ2n) is 3.50. The van der Waals surface area contributed by atoms with Gasteiger partial charge in [0.05, 0.1) is 5.02 Å². The summed E-state index contributed by atoms with van der Waals surface area (Å²) in [7, 11) is 0. The Morgan fingerprint density at radius 1 is 1.18 bits per heavy atom. The van der Waals surface area contributed by atoms with E-state index in [0.29, 0.717) is 11.3 Å². The standard InChI is InChI=1S/C13H10ClFO2/c14-10-6-5-9(7-11(10)15)8-17-13-4-2-1-3-12(13)16/h1-7,16H,8H2. The molecule has 0 spiro atoms. The quantitative estimate of drug-likeness (QED) is 0.901. The molecule has 4 heteroatoms. The van der Waals surface area contributed by atoms with Gasteiger partial charge >= 0.3 is 0 Å². The van der Waals surface area contributed by atoms with E-state index in [1.165, 1.54) is 18.2 Å². The van der Waals surface area contributed by atoms with Crippen molar-refractivity contribution >= 4 is 11.6 Å². The first kappa shape index (κ1) is 11.7. The Balaban J connectivity index is 2.08. The molecular weight excluding hydrogens is 243 g/mol. The average Bonchev–Trinajstić information content (AvgIpc) is 2.32. The highest BCUT2D eigenvalue weighted by Crippen LogP contribution is 2.25. The average molecular weight is 253 g/mol. The molecule has 0 saturated carbocycles. The van der Waals surface area contributed by atoms with Crippen LogP contribution in [0.2, 0.25) is 5.02 Å². The van der Waals surface area contributed by atoms with Crippen LogP contribution in [-0.4, -0.2) is 5.11 Å². The van der Waals surface area contributed by atoms with Crippen molar-refractivity contribution in [3.63, 3.8) is 0 Å². The summed E-state index contributed by atoms with van der Waals surface area (Å²) in [5.41, 5.74) is 0.648. The van der Waals surface area contributed by atoms with Crippen molar-refractivity contribution < 1.29 is 14.2 Å². The van der Waals surface area contributed by atoms with E-state index in [4.69, 9.17) is 16.3 Å². The zero-order chi connectivity index (χ0) is 12.3. The number of hydrogen-bond acceptors (Lipinski definition) is 2. The highest BCUT2D eigenvalue weighted by Gasteiger charge is 2.04. The largest absolute Gasteiger partial charge is 0.504 e. The number of hydrogen-bond donors (Lipinski definition) is 1. The zero-order valence-corrected chi connectivity index (χ0v) is 9.62. The van der Waals surface area contributed by atoms with Gasteiger partial charge in [-0.25, -0.2) is 4.39 Å². The Bertz CT molecular complexity index is 529. The van der Waals surface area contributed by atoms with E-state index in [1.807, 2.05) is 0 Å². The van der Waals surface area contributed by atoms with E-state index in [1.54, 1.807) is 24.3 Å². The van der Waals surface area contributed by atoms with Crippen LogP contribution < -0.4 is 4.74 Å². The summed E-state index contributed by atoms with van der Waals surface area (Å²) in [6.07, 6.45) is 0. The number of halogens is 2. The van der Waals surface area contributed by atoms with Gasteiger partial charge in [0, 0.05) is 0 Å². The SMILES string of the molecule is Oc1ccccc1OCc1ccc(Cl)c(F)c1. The molecule has 0 saturated heterocycles. The predicted molar refractivity (Wildman–Crippen MR) is 63.8 cm³/mol. The van der Waals surface area contributed by atoms with Crippen molar-refractivity contribution in [1.29, 1.82) is 0 Å². The molecule has 2 nitrogen and oxygen atoms in total. The minimum absolute atomic E-state index is 0.0573. The summed E-state index contributed by atoms with van der Waals surface area (Å²) in [4.78, 5) is 0. The third kappa shape index (κ3) is 2.88. The normalized spacial score (nSPS) is 10.2. The van der Waals surface area contributed by atoms with Gasteiger partial charge in [-0.05, 0) is 29.8 Å². The van der Waals surface area contributed by atoms with Gasteiger partial charge in [0.15, 0.2) is 11.5 Å². The molecular formula is C13H10ClFO2. The molecule has 0 bridgehead atoms. The maximum Gasteiger partial charge on any atom is 0.161 e. The van der Waals surface area contributed by atoms with Gasteiger partial charge < -0.3 is 9.84 Å². The molecule has 0 aliphatic heterocycles. The maximum absolute atomic E-state index is 13.1. The first-order valence-electron chi connectivity index (χ1n) is 5.01. The highest BCUT2D eigenvalue weighted by atomic mass is 35.5. The van der Waals surface area contributed by atoms with Crippen LogP contribution in [0.15, 0.2) is 42.5 Å². The monoisotopic (exact) mass is 252 g/mol. The Kier molecular flexibility index (Phi) is 3.49. The number of phenolic OH excluding ortho intramolecular Hbond substituents is 1. The molecule has 0 heterocycles. The van der Waals surface area contributed by atoms with Crippen molar-refractivity contribution in [3.05, 3.63) is 58.9 Å². The number of phenols is 1. The van der Waals surface area contributed by atoms with Crippen LogP contribution in [0.1, 0.15) is 5.56 Å². The second-order valence-corrected chi connectivity index (χ2v) is 3.91. The van der Waals surface area contributed by atoms with Gasteiger partial charge in [-0.1, -0.05) is 29.8 Å². The lowest BCUT2D eigenvalue weighted by molar-refractivity contribution is 0.288. The number of para-hydroxylation sites is 2. The van der Waals surface area contributed by atoms with E-state index < -0.39 is 5.82 Å². The Labute approximate surface area is 103 Å². The molecule has 0 unspecified atom stereocenters. The zero-order valence-electron chi connectivity index (χ0n) is 8.86. The molecule has 0 amide bonds. The second kappa shape index (κ2) is 5.06. The van der Waals surface area contributed by atoms with Gasteiger partial charge in [-0.2, -0.15) is 0 Å². The van der Waals surface area contributed by atoms with Crippen LogP contribution in [0.5, 0.6) is 11.5 Å². The van der Waals surface area contributed by atoms with Crippen molar-refractivity contribution in [1.82, 2.24) is 0 Å². The van der Waals surface area contributed by atoms with E-state index in [0.717, 1.165) is 0 Å². The molecule has 0 aliphatic carbocycles. The molecule has 0 atom stereocenters. The van der Waals surface area contributed by atoms with Crippen LogP contribution in [0, 0.1) is 5.82 Å². The smallest absolute Gasteiger partial charge is 0.161 e. The third-order valence-electron chi connectivity index (χ3n) is 2.24. The molecule has 2 rings (SSSR count). The first-order chi connectivity index (χ1) is 8.16. The summed E-state index contributed by atoms with van der Waals surface area (Å²) in [6, 6.07) is 11.1. The van der Waals surface area contributed by atoms with Crippen molar-refractivity contribution in [2.45, 2.75) is 6.61 Å². The summed E-state index contributed by atoms with van der Waals surface area (Å²) >= 11 is 5.57. The maximum atomic E-state index is 13.1. The van der Waals surface area contributed by atoms with Gasteiger partial charge in [-0.15, -0.1) is 0 Å². The summed E-state index contributed by atoms with van der Waals surface area (Å²) < 4.78 is 18.5. The molecule has 0 aromatic heterocycles. The van der Waals surface area contributed by atoms with Crippen LogP contribution in [-0.2, 0) is 6.61 Å². The van der Waals surface area contributed by atoms with E-state index in [2.05, 4.69) is 0 Å². The summed E-state index contributed by atoms with van der Waals surface area (Å²) in [5, 5.41) is 9.55. The highest BCUT2D eigenvalue weighted by molar-refractivity contribution is 6.30. The Morgan fingerprint density at radius 3 is 2.65 bits per heavy atom. The van der Waals surface area contributed by atoms with E-state index in [-0.39, 0.29) is 17.4 Å². The molecule has 88 valence electrons. The Hall–Kier alpha value is -1.74. The van der Waals surface area contributed by atoms with Crippen molar-refractivity contribution in [2.24, 2.45) is 0 Å². The lowest BCUT2D eigenvalue weighted by atomic mass is 10.2. The number of benzene rings is 2. The number of ether oxygens (including phenoxy) is 1. The minimum Gasteiger partial charge on any atom is -0.504 e. The number of aromatic hydroxyl groups is 1.